The molecule has 0 radical (unpaired) electrons. The van der Waals surface area contributed by atoms with Gasteiger partial charge in [-0.15, -0.1) is 12.4 Å². The Balaban J connectivity index is 0.00000312. The van der Waals surface area contributed by atoms with Crippen molar-refractivity contribution in [3.8, 4) is 0 Å². The molecule has 25 heavy (non-hydrogen) atoms. The first-order chi connectivity index (χ1) is 11.4. The van der Waals surface area contributed by atoms with Gasteiger partial charge in [0.25, 0.3) is 0 Å². The SMILES string of the molecule is COC(=O)c1cc(NC(=O)C2(N)CCOCC2)cc(C(=O)OC)c1.Cl. The van der Waals surface area contributed by atoms with Crippen LogP contribution >= 0.6 is 12.4 Å². The Morgan fingerprint density at radius 3 is 1.96 bits per heavy atom. The van der Waals surface area contributed by atoms with Gasteiger partial charge in [-0.3, -0.25) is 4.79 Å². The third-order valence-corrected chi connectivity index (χ3v) is 3.87. The van der Waals surface area contributed by atoms with E-state index in [4.69, 9.17) is 10.5 Å². The lowest BCUT2D eigenvalue weighted by Gasteiger charge is -2.31. The van der Waals surface area contributed by atoms with Crippen LogP contribution in [0.5, 0.6) is 0 Å². The van der Waals surface area contributed by atoms with Gasteiger partial charge in [-0.1, -0.05) is 0 Å². The number of ether oxygens (including phenoxy) is 3. The third-order valence-electron chi connectivity index (χ3n) is 3.87. The molecule has 1 aliphatic rings. The normalized spacial score (nSPS) is 15.5. The molecule has 9 heteroatoms. The highest BCUT2D eigenvalue weighted by atomic mass is 35.5. The smallest absolute Gasteiger partial charge is 0.337 e. The first-order valence-corrected chi connectivity index (χ1v) is 7.39. The molecule has 1 saturated heterocycles. The zero-order valence-electron chi connectivity index (χ0n) is 14.0. The number of nitrogens with one attached hydrogen (secondary N) is 1. The van der Waals surface area contributed by atoms with E-state index in [2.05, 4.69) is 14.8 Å². The maximum Gasteiger partial charge on any atom is 0.337 e. The van der Waals surface area contributed by atoms with Crippen LogP contribution < -0.4 is 11.1 Å². The van der Waals surface area contributed by atoms with Crippen LogP contribution in [0.1, 0.15) is 33.6 Å². The monoisotopic (exact) mass is 372 g/mol. The minimum absolute atomic E-state index is 0. The second-order valence-electron chi connectivity index (χ2n) is 5.50. The van der Waals surface area contributed by atoms with Crippen LogP contribution in [0.4, 0.5) is 5.69 Å². The van der Waals surface area contributed by atoms with Crippen molar-refractivity contribution in [3.05, 3.63) is 29.3 Å². The number of amides is 1. The number of hydrogen-bond donors (Lipinski definition) is 2. The van der Waals surface area contributed by atoms with E-state index in [-0.39, 0.29) is 29.2 Å². The minimum Gasteiger partial charge on any atom is -0.465 e. The second kappa shape index (κ2) is 8.80. The molecule has 0 atom stereocenters. The number of rotatable bonds is 4. The van der Waals surface area contributed by atoms with Crippen LogP contribution in [0.2, 0.25) is 0 Å². The molecule has 1 aromatic carbocycles. The molecule has 0 aromatic heterocycles. The molecule has 1 heterocycles. The predicted octanol–water partition coefficient (Wildman–Crippen LogP) is 1.13. The van der Waals surface area contributed by atoms with Gasteiger partial charge in [0.15, 0.2) is 0 Å². The molecule has 0 spiro atoms. The van der Waals surface area contributed by atoms with Crippen molar-refractivity contribution in [1.29, 1.82) is 0 Å². The fourth-order valence-corrected chi connectivity index (χ4v) is 2.39. The Hall–Kier alpha value is -2.16. The molecule has 8 nitrogen and oxygen atoms in total. The van der Waals surface area contributed by atoms with Crippen LogP contribution in [-0.2, 0) is 19.0 Å². The van der Waals surface area contributed by atoms with Crippen molar-refractivity contribution in [3.63, 3.8) is 0 Å². The molecular weight excluding hydrogens is 352 g/mol. The van der Waals surface area contributed by atoms with Gasteiger partial charge in [0.1, 0.15) is 5.54 Å². The average molecular weight is 373 g/mol. The maximum atomic E-state index is 12.5. The van der Waals surface area contributed by atoms with Gasteiger partial charge in [-0.05, 0) is 31.0 Å². The van der Waals surface area contributed by atoms with E-state index in [9.17, 15) is 14.4 Å². The Bertz CT molecular complexity index is 624. The summed E-state index contributed by atoms with van der Waals surface area (Å²) in [6, 6.07) is 4.16. The standard InChI is InChI=1S/C16H20N2O6.ClH/c1-22-13(19)10-7-11(14(20)23-2)9-12(8-10)18-15(21)16(17)3-5-24-6-4-16;/h7-9H,3-6,17H2,1-2H3,(H,18,21);1H. The molecule has 1 amide bonds. The van der Waals surface area contributed by atoms with E-state index in [0.717, 1.165) is 0 Å². The number of benzene rings is 1. The molecule has 1 aromatic rings. The molecule has 3 N–H and O–H groups in total. The first-order valence-electron chi connectivity index (χ1n) is 7.39. The van der Waals surface area contributed by atoms with Crippen LogP contribution in [0.3, 0.4) is 0 Å². The van der Waals surface area contributed by atoms with Crippen LogP contribution in [0, 0.1) is 0 Å². The predicted molar refractivity (Wildman–Crippen MR) is 92.0 cm³/mol. The summed E-state index contributed by atoms with van der Waals surface area (Å²) in [7, 11) is 2.45. The summed E-state index contributed by atoms with van der Waals surface area (Å²) in [5.74, 6) is -1.67. The number of hydrogen-bond acceptors (Lipinski definition) is 7. The first kappa shape index (κ1) is 20.9. The quantitative estimate of drug-likeness (QED) is 0.760. The summed E-state index contributed by atoms with van der Waals surface area (Å²) in [6.45, 7) is 0.805. The van der Waals surface area contributed by atoms with Gasteiger partial charge in [-0.25, -0.2) is 9.59 Å². The Kier molecular flexibility index (Phi) is 7.35. The van der Waals surface area contributed by atoms with Gasteiger partial charge in [-0.2, -0.15) is 0 Å². The summed E-state index contributed by atoms with van der Waals surface area (Å²) in [5, 5.41) is 2.66. The van der Waals surface area contributed by atoms with E-state index in [1.807, 2.05) is 0 Å². The topological polar surface area (TPSA) is 117 Å². The second-order valence-corrected chi connectivity index (χ2v) is 5.50. The third kappa shape index (κ3) is 4.91. The maximum absolute atomic E-state index is 12.5. The number of nitrogens with two attached hydrogens (primary N) is 1. The number of halogens is 1. The molecule has 1 aliphatic heterocycles. The van der Waals surface area contributed by atoms with E-state index < -0.39 is 23.4 Å². The summed E-state index contributed by atoms with van der Waals surface area (Å²) in [5.41, 5.74) is 5.57. The lowest BCUT2D eigenvalue weighted by molar-refractivity contribution is -0.124. The molecular formula is C16H21ClN2O6. The largest absolute Gasteiger partial charge is 0.465 e. The van der Waals surface area contributed by atoms with E-state index in [0.29, 0.717) is 26.1 Å². The Morgan fingerprint density at radius 2 is 1.52 bits per heavy atom. The van der Waals surface area contributed by atoms with E-state index in [1.54, 1.807) is 0 Å². The molecule has 138 valence electrons. The summed E-state index contributed by atoms with van der Waals surface area (Å²) < 4.78 is 14.5. The van der Waals surface area contributed by atoms with Crippen molar-refractivity contribution in [1.82, 2.24) is 0 Å². The fraction of sp³-hybridized carbons (Fsp3) is 0.438. The number of carbonyl (C=O) groups is 3. The molecule has 1 fully saturated rings. The molecule has 0 bridgehead atoms. The Labute approximate surface area is 151 Å². The van der Waals surface area contributed by atoms with Crippen molar-refractivity contribution >= 4 is 35.9 Å². The highest BCUT2D eigenvalue weighted by molar-refractivity contribution is 6.02. The zero-order valence-corrected chi connectivity index (χ0v) is 14.8. The minimum atomic E-state index is -1.05. The molecule has 0 unspecified atom stereocenters. The van der Waals surface area contributed by atoms with Gasteiger partial charge < -0.3 is 25.3 Å². The average Bonchev–Trinajstić information content (AvgIpc) is 2.60. The Morgan fingerprint density at radius 1 is 1.04 bits per heavy atom. The van der Waals surface area contributed by atoms with Gasteiger partial charge in [0.2, 0.25) is 5.91 Å². The lowest BCUT2D eigenvalue weighted by atomic mass is 9.90. The molecule has 2 rings (SSSR count). The number of esters is 2. The fourth-order valence-electron chi connectivity index (χ4n) is 2.39. The summed E-state index contributed by atoms with van der Waals surface area (Å²) in [4.78, 5) is 36.0. The van der Waals surface area contributed by atoms with Crippen LogP contribution in [-0.4, -0.2) is 50.8 Å². The lowest BCUT2D eigenvalue weighted by Crippen LogP contribution is -2.54. The van der Waals surface area contributed by atoms with Crippen molar-refractivity contribution in [2.24, 2.45) is 5.73 Å². The van der Waals surface area contributed by atoms with Crippen LogP contribution in [0.25, 0.3) is 0 Å². The van der Waals surface area contributed by atoms with Crippen LogP contribution in [0.15, 0.2) is 18.2 Å². The van der Waals surface area contributed by atoms with Crippen molar-refractivity contribution in [2.45, 2.75) is 18.4 Å². The molecule has 0 aliphatic carbocycles. The number of methoxy groups -OCH3 is 2. The summed E-state index contributed by atoms with van der Waals surface area (Å²) in [6.07, 6.45) is 0.777. The summed E-state index contributed by atoms with van der Waals surface area (Å²) >= 11 is 0. The highest BCUT2D eigenvalue weighted by Gasteiger charge is 2.36. The highest BCUT2D eigenvalue weighted by Crippen LogP contribution is 2.22. The van der Waals surface area contributed by atoms with E-state index >= 15 is 0 Å². The van der Waals surface area contributed by atoms with Crippen molar-refractivity contribution < 1.29 is 28.6 Å². The zero-order chi connectivity index (χ0) is 17.7. The molecule has 0 saturated carbocycles. The van der Waals surface area contributed by atoms with Gasteiger partial charge in [0.05, 0.1) is 25.3 Å². The van der Waals surface area contributed by atoms with Gasteiger partial charge >= 0.3 is 11.9 Å². The van der Waals surface area contributed by atoms with Crippen molar-refractivity contribution in [2.75, 3.05) is 32.8 Å². The van der Waals surface area contributed by atoms with E-state index in [1.165, 1.54) is 32.4 Å². The number of anilines is 1. The number of carbonyl (C=O) groups excluding carboxylic acids is 3. The van der Waals surface area contributed by atoms with Gasteiger partial charge in [0, 0.05) is 18.9 Å².